The van der Waals surface area contributed by atoms with E-state index < -0.39 is 21.1 Å². The second-order valence-electron chi connectivity index (χ2n) is 8.42. The number of hydrogen-bond acceptors (Lipinski definition) is 4. The van der Waals surface area contributed by atoms with E-state index >= 15 is 4.39 Å². The first kappa shape index (κ1) is 20.6. The van der Waals surface area contributed by atoms with Crippen LogP contribution in [0.4, 0.5) is 10.1 Å². The van der Waals surface area contributed by atoms with Crippen LogP contribution in [0.5, 0.6) is 0 Å². The van der Waals surface area contributed by atoms with E-state index in [-0.39, 0.29) is 15.2 Å². The molecular weight excluding hydrogens is 403 g/mol. The molecule has 2 heterocycles. The minimum absolute atomic E-state index is 0.0369. The average Bonchev–Trinajstić information content (AvgIpc) is 2.70. The number of piperidine rings is 1. The number of rotatable bonds is 3. The molecule has 2 aromatic carbocycles. The molecule has 158 valence electrons. The Morgan fingerprint density at radius 1 is 1.03 bits per heavy atom. The first-order chi connectivity index (χ1) is 14.2. The number of pyridine rings is 1. The summed E-state index contributed by atoms with van der Waals surface area (Å²) in [6.07, 6.45) is 2.43. The number of aryl methyl sites for hydroxylation is 1. The molecule has 0 saturated carbocycles. The molecule has 1 saturated heterocycles. The Morgan fingerprint density at radius 3 is 2.30 bits per heavy atom. The normalized spacial score (nSPS) is 19.9. The fourth-order valence-corrected chi connectivity index (χ4v) is 5.90. The van der Waals surface area contributed by atoms with Gasteiger partial charge in [0.05, 0.1) is 21.5 Å². The van der Waals surface area contributed by atoms with Gasteiger partial charge in [0.1, 0.15) is 10.7 Å². The highest BCUT2D eigenvalue weighted by Crippen LogP contribution is 2.31. The van der Waals surface area contributed by atoms with E-state index in [1.165, 1.54) is 24.4 Å². The van der Waals surface area contributed by atoms with Gasteiger partial charge in [-0.3, -0.25) is 4.79 Å². The van der Waals surface area contributed by atoms with Gasteiger partial charge in [0, 0.05) is 26.3 Å². The van der Waals surface area contributed by atoms with Gasteiger partial charge in [0.15, 0.2) is 0 Å². The van der Waals surface area contributed by atoms with Crippen molar-refractivity contribution in [2.75, 3.05) is 18.0 Å². The van der Waals surface area contributed by atoms with Gasteiger partial charge in [-0.05, 0) is 42.5 Å². The van der Waals surface area contributed by atoms with Crippen LogP contribution in [-0.4, -0.2) is 26.1 Å². The molecule has 1 fully saturated rings. The van der Waals surface area contributed by atoms with Crippen molar-refractivity contribution in [1.29, 1.82) is 0 Å². The quantitative estimate of drug-likeness (QED) is 0.633. The average molecular weight is 429 g/mol. The number of halogens is 1. The van der Waals surface area contributed by atoms with Crippen molar-refractivity contribution in [1.82, 2.24) is 4.57 Å². The topological polar surface area (TPSA) is 59.4 Å². The van der Waals surface area contributed by atoms with Crippen LogP contribution in [0.3, 0.4) is 0 Å². The number of fused-ring (bicyclic) bond motifs is 1. The zero-order valence-corrected chi connectivity index (χ0v) is 18.1. The summed E-state index contributed by atoms with van der Waals surface area (Å²) >= 11 is 0. The molecule has 1 aromatic heterocycles. The van der Waals surface area contributed by atoms with Crippen LogP contribution in [0.15, 0.2) is 63.2 Å². The van der Waals surface area contributed by atoms with Gasteiger partial charge < -0.3 is 9.47 Å². The molecule has 2 atom stereocenters. The van der Waals surface area contributed by atoms with Crippen molar-refractivity contribution in [2.45, 2.75) is 30.1 Å². The highest BCUT2D eigenvalue weighted by atomic mass is 32.2. The molecule has 0 aliphatic carbocycles. The lowest BCUT2D eigenvalue weighted by atomic mass is 9.91. The maximum absolute atomic E-state index is 15.1. The Balaban J connectivity index is 1.88. The summed E-state index contributed by atoms with van der Waals surface area (Å²) in [6.45, 7) is 5.80. The Kier molecular flexibility index (Phi) is 5.18. The van der Waals surface area contributed by atoms with E-state index in [1.54, 1.807) is 35.9 Å². The van der Waals surface area contributed by atoms with Crippen LogP contribution in [0.2, 0.25) is 0 Å². The zero-order valence-electron chi connectivity index (χ0n) is 17.3. The monoisotopic (exact) mass is 428 g/mol. The minimum atomic E-state index is -4.01. The molecule has 1 aliphatic rings. The van der Waals surface area contributed by atoms with Crippen LogP contribution in [0.1, 0.15) is 20.3 Å². The number of sulfone groups is 1. The van der Waals surface area contributed by atoms with Crippen LogP contribution < -0.4 is 10.3 Å². The van der Waals surface area contributed by atoms with Gasteiger partial charge >= 0.3 is 0 Å². The highest BCUT2D eigenvalue weighted by Gasteiger charge is 2.27. The molecule has 3 aromatic rings. The number of hydrogen-bond donors (Lipinski definition) is 0. The Hall–Kier alpha value is -2.67. The Bertz CT molecular complexity index is 1260. The molecule has 0 radical (unpaired) electrons. The maximum Gasteiger partial charge on any atom is 0.211 e. The van der Waals surface area contributed by atoms with E-state index in [0.717, 1.165) is 19.5 Å². The summed E-state index contributed by atoms with van der Waals surface area (Å²) < 4.78 is 42.7. The zero-order chi connectivity index (χ0) is 21.6. The first-order valence-electron chi connectivity index (χ1n) is 10.1. The molecule has 5 nitrogen and oxygen atoms in total. The predicted octanol–water partition coefficient (Wildman–Crippen LogP) is 3.99. The lowest BCUT2D eigenvalue weighted by Gasteiger charge is -2.36. The molecular formula is C23H25FN2O3S. The fourth-order valence-electron chi connectivity index (χ4n) is 4.48. The molecule has 1 aliphatic heterocycles. The van der Waals surface area contributed by atoms with E-state index in [4.69, 9.17) is 0 Å². The van der Waals surface area contributed by atoms with Gasteiger partial charge in [-0.2, -0.15) is 0 Å². The van der Waals surface area contributed by atoms with Crippen molar-refractivity contribution in [3.05, 3.63) is 64.7 Å². The molecule has 0 amide bonds. The maximum atomic E-state index is 15.1. The van der Waals surface area contributed by atoms with Gasteiger partial charge in [-0.15, -0.1) is 0 Å². The third-order valence-corrected chi connectivity index (χ3v) is 7.54. The Labute approximate surface area is 175 Å². The van der Waals surface area contributed by atoms with Crippen molar-refractivity contribution < 1.29 is 12.8 Å². The summed E-state index contributed by atoms with van der Waals surface area (Å²) in [7, 11) is -2.33. The molecule has 0 bridgehead atoms. The summed E-state index contributed by atoms with van der Waals surface area (Å²) in [5, 5.41) is 0.0638. The van der Waals surface area contributed by atoms with E-state index in [1.807, 2.05) is 4.90 Å². The van der Waals surface area contributed by atoms with Gasteiger partial charge in [0.2, 0.25) is 15.3 Å². The lowest BCUT2D eigenvalue weighted by molar-refractivity contribution is 0.354. The minimum Gasteiger partial charge on any atom is -0.369 e. The number of benzene rings is 2. The van der Waals surface area contributed by atoms with E-state index in [0.29, 0.717) is 23.0 Å². The molecule has 30 heavy (non-hydrogen) atoms. The predicted molar refractivity (Wildman–Crippen MR) is 116 cm³/mol. The first-order valence-corrected chi connectivity index (χ1v) is 11.5. The summed E-state index contributed by atoms with van der Waals surface area (Å²) in [5.41, 5.74) is 0.279. The van der Waals surface area contributed by atoms with Crippen LogP contribution in [0, 0.1) is 17.7 Å². The van der Waals surface area contributed by atoms with E-state index in [9.17, 15) is 13.2 Å². The van der Waals surface area contributed by atoms with Crippen molar-refractivity contribution >= 4 is 26.4 Å². The Morgan fingerprint density at radius 2 is 1.67 bits per heavy atom. The highest BCUT2D eigenvalue weighted by molar-refractivity contribution is 7.91. The lowest BCUT2D eigenvalue weighted by Crippen LogP contribution is -2.39. The summed E-state index contributed by atoms with van der Waals surface area (Å²) in [4.78, 5) is 14.8. The van der Waals surface area contributed by atoms with Crippen LogP contribution in [0.25, 0.3) is 10.9 Å². The standard InChI is InChI=1S/C23H25FN2O3S/c1-15-9-16(2)13-26(12-15)21-11-20-18(10-19(21)24)23(27)22(14-25(20)3)30(28,29)17-7-5-4-6-8-17/h4-8,10-11,14-16H,9,12-13H2,1-3H3. The summed E-state index contributed by atoms with van der Waals surface area (Å²) in [6, 6.07) is 10.6. The number of nitrogens with zero attached hydrogens (tertiary/aromatic N) is 2. The smallest absolute Gasteiger partial charge is 0.211 e. The molecule has 7 heteroatoms. The second kappa shape index (κ2) is 7.54. The molecule has 2 unspecified atom stereocenters. The van der Waals surface area contributed by atoms with Crippen molar-refractivity contribution in [2.24, 2.45) is 18.9 Å². The van der Waals surface area contributed by atoms with Crippen LogP contribution in [-0.2, 0) is 16.9 Å². The molecule has 0 N–H and O–H groups in total. The SMILES string of the molecule is CC1CC(C)CN(c2cc3c(cc2F)c(=O)c(S(=O)(=O)c2ccccc2)cn3C)C1. The molecule has 4 rings (SSSR count). The fraction of sp³-hybridized carbons (Fsp3) is 0.348. The van der Waals surface area contributed by atoms with Gasteiger partial charge in [-0.25, -0.2) is 12.8 Å². The largest absolute Gasteiger partial charge is 0.369 e. The second-order valence-corrected chi connectivity index (χ2v) is 10.3. The molecule has 0 spiro atoms. The van der Waals surface area contributed by atoms with E-state index in [2.05, 4.69) is 13.8 Å². The number of anilines is 1. The van der Waals surface area contributed by atoms with Crippen LogP contribution >= 0.6 is 0 Å². The van der Waals surface area contributed by atoms with Crippen molar-refractivity contribution in [3.63, 3.8) is 0 Å². The van der Waals surface area contributed by atoms with Gasteiger partial charge in [0.25, 0.3) is 0 Å². The third-order valence-electron chi connectivity index (χ3n) is 5.78. The summed E-state index contributed by atoms with van der Waals surface area (Å²) in [5.74, 6) is 0.396. The number of aromatic nitrogens is 1. The van der Waals surface area contributed by atoms with Gasteiger partial charge in [-0.1, -0.05) is 32.0 Å². The van der Waals surface area contributed by atoms with Crippen molar-refractivity contribution in [3.8, 4) is 0 Å². The third kappa shape index (κ3) is 3.51.